The second-order valence-corrected chi connectivity index (χ2v) is 22.4. The Balaban J connectivity index is 4.79. The molecule has 7 nitrogen and oxygen atoms in total. The van der Waals surface area contributed by atoms with Crippen LogP contribution >= 0.6 is 0 Å². The first kappa shape index (κ1) is 70.8. The maximum atomic E-state index is 13.3. The van der Waals surface area contributed by atoms with Gasteiger partial charge in [-0.05, 0) is 77.3 Å². The third-order valence-electron chi connectivity index (χ3n) is 15.3. The number of carbonyl (C=O) groups excluding carboxylic acids is 2. The summed E-state index contributed by atoms with van der Waals surface area (Å²) in [6.45, 7) is 18.8. The van der Waals surface area contributed by atoms with Crippen LogP contribution in [-0.4, -0.2) is 76.1 Å². The molecule has 0 atom stereocenters. The fourth-order valence-electron chi connectivity index (χ4n) is 10.3. The van der Waals surface area contributed by atoms with Crippen LogP contribution in [0.25, 0.3) is 0 Å². The van der Waals surface area contributed by atoms with E-state index in [1.807, 2.05) is 0 Å². The zero-order valence-electron chi connectivity index (χ0n) is 49.6. The van der Waals surface area contributed by atoms with E-state index >= 15 is 0 Å². The Morgan fingerprint density at radius 2 is 0.500 bits per heavy atom. The molecular weight excluding hydrogens is 891 g/mol. The van der Waals surface area contributed by atoms with Gasteiger partial charge in [-0.3, -0.25) is 9.59 Å². The van der Waals surface area contributed by atoms with Gasteiger partial charge in [0, 0.05) is 19.8 Å². The zero-order chi connectivity index (χ0) is 52.3. The van der Waals surface area contributed by atoms with Crippen LogP contribution in [0.3, 0.4) is 0 Å². The molecule has 430 valence electrons. The van der Waals surface area contributed by atoms with Crippen molar-refractivity contribution in [3.05, 3.63) is 0 Å². The minimum absolute atomic E-state index is 0.0699. The quantitative estimate of drug-likeness (QED) is 0.0444. The molecule has 7 heteroatoms. The van der Waals surface area contributed by atoms with E-state index in [1.165, 1.54) is 218 Å². The monoisotopic (exact) mass is 1020 g/mol. The van der Waals surface area contributed by atoms with Gasteiger partial charge in [0.2, 0.25) is 0 Å². The van der Waals surface area contributed by atoms with Crippen LogP contribution in [0.1, 0.15) is 336 Å². The Hall–Kier alpha value is -1.18. The summed E-state index contributed by atoms with van der Waals surface area (Å²) < 4.78 is 23.8. The number of rotatable bonds is 62. The Morgan fingerprint density at radius 3 is 0.819 bits per heavy atom. The lowest BCUT2D eigenvalue weighted by Crippen LogP contribution is -2.28. The zero-order valence-corrected chi connectivity index (χ0v) is 49.6. The molecule has 0 heterocycles. The summed E-state index contributed by atoms with van der Waals surface area (Å²) in [6, 6.07) is 0. The van der Waals surface area contributed by atoms with E-state index < -0.39 is 0 Å². The van der Waals surface area contributed by atoms with E-state index in [-0.39, 0.29) is 23.8 Å². The Morgan fingerprint density at radius 1 is 0.264 bits per heavy atom. The van der Waals surface area contributed by atoms with Gasteiger partial charge in [-0.1, -0.05) is 272 Å². The Bertz CT molecular complexity index is 962. The predicted octanol–water partition coefficient (Wildman–Crippen LogP) is 20.1. The van der Waals surface area contributed by atoms with E-state index in [0.717, 1.165) is 116 Å². The van der Waals surface area contributed by atoms with Gasteiger partial charge < -0.3 is 23.8 Å². The van der Waals surface area contributed by atoms with Crippen molar-refractivity contribution >= 4 is 11.9 Å². The average Bonchev–Trinajstić information content (AvgIpc) is 3.38. The Labute approximate surface area is 451 Å². The molecule has 0 aromatic rings. The maximum absolute atomic E-state index is 13.3. The second kappa shape index (κ2) is 60.7. The molecule has 0 aliphatic rings. The first-order chi connectivity index (χ1) is 35.5. The molecule has 72 heavy (non-hydrogen) atoms. The van der Waals surface area contributed by atoms with E-state index in [4.69, 9.17) is 18.9 Å². The largest absolute Gasteiger partial charge is 0.465 e. The lowest BCUT2D eigenvalue weighted by atomic mass is 9.94. The molecule has 0 rings (SSSR count). The summed E-state index contributed by atoms with van der Waals surface area (Å²) in [7, 11) is 0. The van der Waals surface area contributed by atoms with Crippen LogP contribution in [0.2, 0.25) is 0 Å². The summed E-state index contributed by atoms with van der Waals surface area (Å²) in [5.41, 5.74) is 0. The van der Waals surface area contributed by atoms with Crippen molar-refractivity contribution in [2.75, 3.05) is 59.3 Å². The van der Waals surface area contributed by atoms with E-state index in [9.17, 15) is 9.59 Å². The minimum atomic E-state index is 0.0699. The van der Waals surface area contributed by atoms with Crippen molar-refractivity contribution in [1.29, 1.82) is 0 Å². The molecule has 0 bridgehead atoms. The van der Waals surface area contributed by atoms with E-state index in [0.29, 0.717) is 26.4 Å². The molecule has 0 saturated heterocycles. The second-order valence-electron chi connectivity index (χ2n) is 22.4. The standard InChI is InChI=1S/C65H129NO6/c1-6-11-16-21-26-27-28-29-36-45-56-69-60-61-70-57-48-55-66(53-43-34-37-46-58-71-64(67)62(49-39-30-22-17-12-7-2)50-40-31-23-18-13-8-3)54-44-35-38-47-59-72-65(68)63(51-41-32-24-19-14-9-4)52-42-33-25-20-15-10-5/h62-63H,6-61H2,1-5H3. The summed E-state index contributed by atoms with van der Waals surface area (Å²) >= 11 is 0. The molecule has 0 radical (unpaired) electrons. The lowest BCUT2D eigenvalue weighted by molar-refractivity contribution is -0.150. The molecule has 0 unspecified atom stereocenters. The smallest absolute Gasteiger partial charge is 0.308 e. The van der Waals surface area contributed by atoms with E-state index in [1.54, 1.807) is 0 Å². The van der Waals surface area contributed by atoms with Gasteiger partial charge in [0.1, 0.15) is 0 Å². The van der Waals surface area contributed by atoms with Crippen molar-refractivity contribution < 1.29 is 28.5 Å². The van der Waals surface area contributed by atoms with Crippen molar-refractivity contribution in [2.24, 2.45) is 11.8 Å². The summed E-state index contributed by atoms with van der Waals surface area (Å²) in [5.74, 6) is 0.313. The van der Waals surface area contributed by atoms with Gasteiger partial charge in [-0.15, -0.1) is 0 Å². The number of unbranched alkanes of at least 4 members (excludes halogenated alkanes) is 35. The summed E-state index contributed by atoms with van der Waals surface area (Å²) in [6.07, 6.45) is 57.9. The van der Waals surface area contributed by atoms with Crippen LogP contribution in [-0.2, 0) is 28.5 Å². The van der Waals surface area contributed by atoms with Gasteiger partial charge in [0.05, 0.1) is 38.3 Å². The number of hydrogen-bond acceptors (Lipinski definition) is 7. The van der Waals surface area contributed by atoms with Crippen LogP contribution < -0.4 is 0 Å². The van der Waals surface area contributed by atoms with Gasteiger partial charge in [0.15, 0.2) is 0 Å². The van der Waals surface area contributed by atoms with Crippen molar-refractivity contribution in [3.63, 3.8) is 0 Å². The fraction of sp³-hybridized carbons (Fsp3) is 0.969. The van der Waals surface area contributed by atoms with E-state index in [2.05, 4.69) is 39.5 Å². The normalized spacial score (nSPS) is 11.8. The van der Waals surface area contributed by atoms with Gasteiger partial charge in [-0.2, -0.15) is 0 Å². The Kier molecular flexibility index (Phi) is 59.7. The lowest BCUT2D eigenvalue weighted by Gasteiger charge is -2.22. The average molecular weight is 1020 g/mol. The molecule has 0 saturated carbocycles. The molecule has 0 fully saturated rings. The molecule has 0 amide bonds. The van der Waals surface area contributed by atoms with Crippen molar-refractivity contribution in [3.8, 4) is 0 Å². The van der Waals surface area contributed by atoms with Gasteiger partial charge in [-0.25, -0.2) is 0 Å². The molecule has 0 aromatic carbocycles. The summed E-state index contributed by atoms with van der Waals surface area (Å²) in [5, 5.41) is 0. The third-order valence-corrected chi connectivity index (χ3v) is 15.3. The first-order valence-electron chi connectivity index (χ1n) is 32.7. The number of esters is 2. The van der Waals surface area contributed by atoms with Crippen molar-refractivity contribution in [2.45, 2.75) is 336 Å². The minimum Gasteiger partial charge on any atom is -0.465 e. The molecule has 0 aliphatic heterocycles. The van der Waals surface area contributed by atoms with Gasteiger partial charge in [0.25, 0.3) is 0 Å². The molecule has 0 aromatic heterocycles. The van der Waals surface area contributed by atoms with Gasteiger partial charge >= 0.3 is 11.9 Å². The maximum Gasteiger partial charge on any atom is 0.308 e. The first-order valence-corrected chi connectivity index (χ1v) is 32.7. The van der Waals surface area contributed by atoms with Crippen LogP contribution in [0.5, 0.6) is 0 Å². The molecular formula is C65H129NO6. The van der Waals surface area contributed by atoms with Crippen LogP contribution in [0, 0.1) is 11.8 Å². The number of hydrogen-bond donors (Lipinski definition) is 0. The highest BCUT2D eigenvalue weighted by molar-refractivity contribution is 5.72. The summed E-state index contributed by atoms with van der Waals surface area (Å²) in [4.78, 5) is 29.2. The topological polar surface area (TPSA) is 74.3 Å². The molecule has 0 aliphatic carbocycles. The fourth-order valence-corrected chi connectivity index (χ4v) is 10.3. The highest BCUT2D eigenvalue weighted by Gasteiger charge is 2.21. The molecule has 0 spiro atoms. The number of ether oxygens (including phenoxy) is 4. The van der Waals surface area contributed by atoms with Crippen LogP contribution in [0.15, 0.2) is 0 Å². The number of nitrogens with zero attached hydrogens (tertiary/aromatic N) is 1. The highest BCUT2D eigenvalue weighted by Crippen LogP contribution is 2.23. The van der Waals surface area contributed by atoms with Crippen molar-refractivity contribution in [1.82, 2.24) is 4.90 Å². The van der Waals surface area contributed by atoms with Crippen LogP contribution in [0.4, 0.5) is 0 Å². The third kappa shape index (κ3) is 52.3. The predicted molar refractivity (Wildman–Crippen MR) is 312 cm³/mol. The number of carbonyl (C=O) groups is 2. The SMILES string of the molecule is CCCCCCCCCCCCOCCOCCCN(CCCCCCOC(=O)C(CCCCCCCC)CCCCCCCC)CCCCCCOC(=O)C(CCCCCCCC)CCCCCCCC. The highest BCUT2D eigenvalue weighted by atomic mass is 16.5. The molecule has 0 N–H and O–H groups in total.